The molecule has 1 aromatic heterocycles. The summed E-state index contributed by atoms with van der Waals surface area (Å²) in [5.74, 6) is 0. The van der Waals surface area contributed by atoms with Gasteiger partial charge in [-0.3, -0.25) is 4.79 Å². The number of nitrogens with one attached hydrogen (secondary N) is 1. The van der Waals surface area contributed by atoms with Crippen molar-refractivity contribution >= 4 is 0 Å². The maximum absolute atomic E-state index is 11.1. The fraction of sp³-hybridized carbons (Fsp3) is 0.167. The summed E-state index contributed by atoms with van der Waals surface area (Å²) in [5, 5.41) is 6.15. The first kappa shape index (κ1) is 9.65. The van der Waals surface area contributed by atoms with Crippen LogP contribution in [-0.4, -0.2) is 10.2 Å². The zero-order valence-corrected chi connectivity index (χ0v) is 8.74. The molecule has 0 fully saturated rings. The van der Waals surface area contributed by atoms with Crippen LogP contribution in [0.15, 0.2) is 35.3 Å². The van der Waals surface area contributed by atoms with E-state index in [1.165, 1.54) is 5.56 Å². The number of hydrogen-bond acceptors (Lipinski definition) is 2. The molecule has 3 heteroatoms. The Labute approximate surface area is 87.8 Å². The van der Waals surface area contributed by atoms with Gasteiger partial charge in [-0.05, 0) is 25.0 Å². The number of aromatic amines is 1. The molecule has 0 aliphatic carbocycles. The second-order valence-corrected chi connectivity index (χ2v) is 3.65. The Hall–Kier alpha value is -1.90. The largest absolute Gasteiger partial charge is 0.268 e. The first-order valence-corrected chi connectivity index (χ1v) is 4.79. The lowest BCUT2D eigenvalue weighted by molar-refractivity contribution is 0.990. The Bertz CT molecular complexity index is 543. The molecule has 0 radical (unpaired) electrons. The Morgan fingerprint density at radius 1 is 1.20 bits per heavy atom. The number of aryl methyl sites for hydroxylation is 2. The molecule has 1 aromatic carbocycles. The van der Waals surface area contributed by atoms with Crippen LogP contribution < -0.4 is 5.56 Å². The summed E-state index contributed by atoms with van der Waals surface area (Å²) < 4.78 is 0. The van der Waals surface area contributed by atoms with Crippen molar-refractivity contribution in [3.8, 4) is 11.1 Å². The molecule has 2 rings (SSSR count). The van der Waals surface area contributed by atoms with Gasteiger partial charge in [0.15, 0.2) is 0 Å². The maximum atomic E-state index is 11.1. The number of hydrogen-bond donors (Lipinski definition) is 1. The van der Waals surface area contributed by atoms with Crippen molar-refractivity contribution in [3.05, 3.63) is 51.9 Å². The fourth-order valence-electron chi connectivity index (χ4n) is 1.66. The van der Waals surface area contributed by atoms with Crippen LogP contribution in [0.3, 0.4) is 0 Å². The van der Waals surface area contributed by atoms with Crippen LogP contribution in [0.2, 0.25) is 0 Å². The van der Waals surface area contributed by atoms with E-state index in [9.17, 15) is 4.79 Å². The van der Waals surface area contributed by atoms with E-state index in [2.05, 4.69) is 16.3 Å². The molecular formula is C12H12N2O. The number of benzene rings is 1. The van der Waals surface area contributed by atoms with Crippen molar-refractivity contribution in [2.75, 3.05) is 0 Å². The van der Waals surface area contributed by atoms with Gasteiger partial charge in [0.1, 0.15) is 0 Å². The average molecular weight is 200 g/mol. The van der Waals surface area contributed by atoms with Gasteiger partial charge in [0, 0.05) is 11.6 Å². The summed E-state index contributed by atoms with van der Waals surface area (Å²) >= 11 is 0. The lowest BCUT2D eigenvalue weighted by atomic mass is 10.0. The molecule has 1 N–H and O–H groups in total. The summed E-state index contributed by atoms with van der Waals surface area (Å²) in [6.45, 7) is 4.08. The predicted octanol–water partition coefficient (Wildman–Crippen LogP) is 2.05. The number of aromatic nitrogens is 2. The second kappa shape index (κ2) is 3.69. The van der Waals surface area contributed by atoms with Crippen molar-refractivity contribution in [3.63, 3.8) is 0 Å². The van der Waals surface area contributed by atoms with E-state index in [0.29, 0.717) is 0 Å². The van der Waals surface area contributed by atoms with Gasteiger partial charge in [0.2, 0.25) is 0 Å². The van der Waals surface area contributed by atoms with Crippen LogP contribution in [-0.2, 0) is 0 Å². The Morgan fingerprint density at radius 3 is 2.67 bits per heavy atom. The molecular weight excluding hydrogens is 188 g/mol. The van der Waals surface area contributed by atoms with E-state index in [-0.39, 0.29) is 5.56 Å². The Kier molecular flexibility index (Phi) is 2.37. The number of H-pyrrole nitrogens is 1. The SMILES string of the molecule is Cc1ccc(-c2cn[nH]c(=O)c2)c(C)c1. The first-order valence-electron chi connectivity index (χ1n) is 4.79. The third-order valence-electron chi connectivity index (χ3n) is 2.36. The topological polar surface area (TPSA) is 45.8 Å². The average Bonchev–Trinajstić information content (AvgIpc) is 2.17. The third kappa shape index (κ3) is 1.96. The first-order chi connectivity index (χ1) is 7.16. The lowest BCUT2D eigenvalue weighted by Crippen LogP contribution is -2.05. The highest BCUT2D eigenvalue weighted by Gasteiger charge is 2.02. The smallest absolute Gasteiger partial charge is 0.264 e. The van der Waals surface area contributed by atoms with Gasteiger partial charge in [-0.25, -0.2) is 5.10 Å². The molecule has 0 atom stereocenters. The summed E-state index contributed by atoms with van der Waals surface area (Å²) in [4.78, 5) is 11.1. The molecule has 15 heavy (non-hydrogen) atoms. The zero-order chi connectivity index (χ0) is 10.8. The van der Waals surface area contributed by atoms with Gasteiger partial charge in [-0.2, -0.15) is 5.10 Å². The standard InChI is InChI=1S/C12H12N2O/c1-8-3-4-11(9(2)5-8)10-6-12(15)14-13-7-10/h3-7H,1-2H3,(H,14,15). The normalized spacial score (nSPS) is 10.3. The lowest BCUT2D eigenvalue weighted by Gasteiger charge is -2.05. The van der Waals surface area contributed by atoms with Crippen LogP contribution in [0, 0.1) is 13.8 Å². The van der Waals surface area contributed by atoms with E-state index in [1.54, 1.807) is 12.3 Å². The van der Waals surface area contributed by atoms with Crippen LogP contribution >= 0.6 is 0 Å². The molecule has 1 heterocycles. The zero-order valence-electron chi connectivity index (χ0n) is 8.74. The minimum Gasteiger partial charge on any atom is -0.268 e. The molecule has 3 nitrogen and oxygen atoms in total. The highest BCUT2D eigenvalue weighted by Crippen LogP contribution is 2.21. The van der Waals surface area contributed by atoms with Crippen LogP contribution in [0.1, 0.15) is 11.1 Å². The van der Waals surface area contributed by atoms with Crippen molar-refractivity contribution < 1.29 is 0 Å². The minimum atomic E-state index is -0.174. The third-order valence-corrected chi connectivity index (χ3v) is 2.36. The molecule has 0 aliphatic heterocycles. The van der Waals surface area contributed by atoms with Crippen molar-refractivity contribution in [2.24, 2.45) is 0 Å². The Balaban J connectivity index is 2.59. The number of rotatable bonds is 1. The predicted molar refractivity (Wildman–Crippen MR) is 59.8 cm³/mol. The molecule has 0 unspecified atom stereocenters. The maximum Gasteiger partial charge on any atom is 0.264 e. The minimum absolute atomic E-state index is 0.174. The monoisotopic (exact) mass is 200 g/mol. The van der Waals surface area contributed by atoms with E-state index in [0.717, 1.165) is 16.7 Å². The van der Waals surface area contributed by atoms with E-state index >= 15 is 0 Å². The highest BCUT2D eigenvalue weighted by atomic mass is 16.1. The van der Waals surface area contributed by atoms with Gasteiger partial charge in [0.05, 0.1) is 6.20 Å². The summed E-state index contributed by atoms with van der Waals surface area (Å²) in [5.41, 5.74) is 4.11. The molecule has 2 aromatic rings. The molecule has 0 saturated carbocycles. The highest BCUT2D eigenvalue weighted by molar-refractivity contribution is 5.66. The molecule has 0 aliphatic rings. The van der Waals surface area contributed by atoms with Gasteiger partial charge in [0.25, 0.3) is 5.56 Å². The molecule has 0 amide bonds. The van der Waals surface area contributed by atoms with Crippen LogP contribution in [0.5, 0.6) is 0 Å². The quantitative estimate of drug-likeness (QED) is 0.765. The summed E-state index contributed by atoms with van der Waals surface area (Å²) in [7, 11) is 0. The van der Waals surface area contributed by atoms with Gasteiger partial charge >= 0.3 is 0 Å². The molecule has 0 saturated heterocycles. The van der Waals surface area contributed by atoms with Gasteiger partial charge in [-0.15, -0.1) is 0 Å². The van der Waals surface area contributed by atoms with Gasteiger partial charge < -0.3 is 0 Å². The summed E-state index contributed by atoms with van der Waals surface area (Å²) in [6, 6.07) is 7.70. The fourth-order valence-corrected chi connectivity index (χ4v) is 1.66. The van der Waals surface area contributed by atoms with Crippen LogP contribution in [0.25, 0.3) is 11.1 Å². The second-order valence-electron chi connectivity index (χ2n) is 3.65. The van der Waals surface area contributed by atoms with Crippen molar-refractivity contribution in [1.82, 2.24) is 10.2 Å². The molecule has 0 spiro atoms. The molecule has 0 bridgehead atoms. The van der Waals surface area contributed by atoms with Crippen molar-refractivity contribution in [2.45, 2.75) is 13.8 Å². The van der Waals surface area contributed by atoms with Crippen molar-refractivity contribution in [1.29, 1.82) is 0 Å². The molecule has 76 valence electrons. The Morgan fingerprint density at radius 2 is 2.00 bits per heavy atom. The number of nitrogens with zero attached hydrogens (tertiary/aromatic N) is 1. The van der Waals surface area contributed by atoms with E-state index in [1.807, 2.05) is 26.0 Å². The van der Waals surface area contributed by atoms with E-state index in [4.69, 9.17) is 0 Å². The van der Waals surface area contributed by atoms with Gasteiger partial charge in [-0.1, -0.05) is 23.8 Å². The summed E-state index contributed by atoms with van der Waals surface area (Å²) in [6.07, 6.45) is 1.67. The van der Waals surface area contributed by atoms with Crippen LogP contribution in [0.4, 0.5) is 0 Å². The van der Waals surface area contributed by atoms with E-state index < -0.39 is 0 Å².